The van der Waals surface area contributed by atoms with Gasteiger partial charge < -0.3 is 27.2 Å². The summed E-state index contributed by atoms with van der Waals surface area (Å²) in [6.45, 7) is 0.885. The molecule has 8 nitrogen and oxygen atoms in total. The van der Waals surface area contributed by atoms with Gasteiger partial charge in [-0.25, -0.2) is 4.79 Å². The predicted octanol–water partition coefficient (Wildman–Crippen LogP) is 3.92. The van der Waals surface area contributed by atoms with Crippen molar-refractivity contribution in [2.75, 3.05) is 13.6 Å². The van der Waals surface area contributed by atoms with Crippen molar-refractivity contribution in [1.82, 2.24) is 10.6 Å². The topological polar surface area (TPSA) is 154 Å². The molecule has 8 heteroatoms. The van der Waals surface area contributed by atoms with Gasteiger partial charge in [-0.05, 0) is 74.0 Å². The van der Waals surface area contributed by atoms with Crippen LogP contribution in [0.4, 0.5) is 0 Å². The summed E-state index contributed by atoms with van der Waals surface area (Å²) in [5.41, 5.74) is 14.1. The standard InChI is InChI=1S/C22H19N3O3.C8H18N2/c23-20(24)17-7-4-8-18(13-17)21(26)25-19(22(27)28)16-11-9-15(10-12-16)14-5-2-1-3-6-14;1-10-8-4-2-7(6-9)3-5-8/h1-13,19H,(H3,23,24)(H,25,26)(H,27,28);7-8,10H,2-6,9H2,1H3. The number of hydrogen-bond donors (Lipinski definition) is 6. The lowest BCUT2D eigenvalue weighted by Crippen LogP contribution is -2.33. The van der Waals surface area contributed by atoms with Crippen LogP contribution in [0.1, 0.15) is 53.2 Å². The Morgan fingerprint density at radius 2 is 1.53 bits per heavy atom. The van der Waals surface area contributed by atoms with E-state index in [2.05, 4.69) is 10.6 Å². The lowest BCUT2D eigenvalue weighted by atomic mass is 9.86. The van der Waals surface area contributed by atoms with Crippen molar-refractivity contribution < 1.29 is 14.7 Å². The second kappa shape index (κ2) is 14.1. The van der Waals surface area contributed by atoms with Crippen LogP contribution in [-0.4, -0.2) is 42.5 Å². The van der Waals surface area contributed by atoms with E-state index in [1.165, 1.54) is 31.7 Å². The van der Waals surface area contributed by atoms with Crippen molar-refractivity contribution in [3.05, 3.63) is 95.6 Å². The number of aliphatic carboxylic acids is 1. The molecule has 0 spiro atoms. The molecule has 0 radical (unpaired) electrons. The van der Waals surface area contributed by atoms with Gasteiger partial charge in [0.1, 0.15) is 5.84 Å². The number of amides is 1. The Hall–Kier alpha value is -4.01. The third-order valence-electron chi connectivity index (χ3n) is 6.90. The zero-order chi connectivity index (χ0) is 27.5. The maximum atomic E-state index is 12.5. The summed E-state index contributed by atoms with van der Waals surface area (Å²) >= 11 is 0. The summed E-state index contributed by atoms with van der Waals surface area (Å²) in [5, 5.41) is 22.9. The van der Waals surface area contributed by atoms with Gasteiger partial charge >= 0.3 is 5.97 Å². The summed E-state index contributed by atoms with van der Waals surface area (Å²) in [6.07, 6.45) is 5.28. The second-order valence-corrected chi connectivity index (χ2v) is 9.47. The van der Waals surface area contributed by atoms with Crippen molar-refractivity contribution >= 4 is 17.7 Å². The largest absolute Gasteiger partial charge is 0.479 e. The van der Waals surface area contributed by atoms with Crippen LogP contribution in [0.25, 0.3) is 11.1 Å². The van der Waals surface area contributed by atoms with E-state index in [0.29, 0.717) is 11.1 Å². The number of carboxylic acids is 1. The number of carbonyl (C=O) groups excluding carboxylic acids is 1. The average Bonchev–Trinajstić information content (AvgIpc) is 2.96. The SMILES string of the molecule is CNC1CCC(CN)CC1.N=C(N)c1cccc(C(=O)NC(C(=O)O)c2ccc(-c3ccccc3)cc2)c1. The highest BCUT2D eigenvalue weighted by Gasteiger charge is 2.23. The predicted molar refractivity (Wildman–Crippen MR) is 151 cm³/mol. The van der Waals surface area contributed by atoms with Gasteiger partial charge in [-0.1, -0.05) is 66.7 Å². The molecule has 1 saturated carbocycles. The van der Waals surface area contributed by atoms with Crippen molar-refractivity contribution in [2.24, 2.45) is 17.4 Å². The molecule has 1 unspecified atom stereocenters. The Labute approximate surface area is 224 Å². The van der Waals surface area contributed by atoms with Crippen LogP contribution in [-0.2, 0) is 4.79 Å². The van der Waals surface area contributed by atoms with E-state index in [4.69, 9.17) is 16.9 Å². The Balaban J connectivity index is 0.000000336. The molecule has 0 bridgehead atoms. The molecule has 3 aromatic rings. The number of benzene rings is 3. The molecule has 0 aromatic heterocycles. The van der Waals surface area contributed by atoms with Gasteiger partial charge in [0.25, 0.3) is 5.91 Å². The lowest BCUT2D eigenvalue weighted by molar-refractivity contribution is -0.139. The van der Waals surface area contributed by atoms with Crippen LogP contribution in [0, 0.1) is 11.3 Å². The minimum atomic E-state index is -1.20. The third kappa shape index (κ3) is 7.99. The maximum absolute atomic E-state index is 12.5. The molecule has 38 heavy (non-hydrogen) atoms. The van der Waals surface area contributed by atoms with Gasteiger partial charge in [-0.3, -0.25) is 10.2 Å². The quantitative estimate of drug-likeness (QED) is 0.197. The number of nitrogens with two attached hydrogens (primary N) is 2. The molecule has 1 atom stereocenters. The molecule has 0 aliphatic heterocycles. The van der Waals surface area contributed by atoms with Gasteiger partial charge in [0.2, 0.25) is 0 Å². The summed E-state index contributed by atoms with van der Waals surface area (Å²) in [4.78, 5) is 24.2. The first-order valence-corrected chi connectivity index (χ1v) is 12.8. The molecule has 3 aromatic carbocycles. The molecule has 1 aliphatic rings. The first kappa shape index (κ1) is 28.6. The smallest absolute Gasteiger partial charge is 0.330 e. The van der Waals surface area contributed by atoms with Crippen molar-refractivity contribution in [3.63, 3.8) is 0 Å². The van der Waals surface area contributed by atoms with Crippen LogP contribution >= 0.6 is 0 Å². The number of nitrogen functional groups attached to an aromatic ring is 1. The Kier molecular flexibility index (Phi) is 10.6. The highest BCUT2D eigenvalue weighted by atomic mass is 16.4. The van der Waals surface area contributed by atoms with Crippen molar-refractivity contribution in [1.29, 1.82) is 5.41 Å². The molecule has 1 amide bonds. The fraction of sp³-hybridized carbons (Fsp3) is 0.300. The molecule has 0 saturated heterocycles. The number of hydrogen-bond acceptors (Lipinski definition) is 5. The van der Waals surface area contributed by atoms with Gasteiger partial charge in [-0.15, -0.1) is 0 Å². The number of carboxylic acid groups (broad SMARTS) is 1. The first-order valence-electron chi connectivity index (χ1n) is 12.8. The van der Waals surface area contributed by atoms with Gasteiger partial charge in [0.05, 0.1) is 0 Å². The monoisotopic (exact) mass is 515 g/mol. The Morgan fingerprint density at radius 1 is 0.921 bits per heavy atom. The molecule has 1 aliphatic carbocycles. The van der Waals surface area contributed by atoms with E-state index in [0.717, 1.165) is 29.6 Å². The summed E-state index contributed by atoms with van der Waals surface area (Å²) in [7, 11) is 2.05. The van der Waals surface area contributed by atoms with E-state index >= 15 is 0 Å². The van der Waals surface area contributed by atoms with Crippen LogP contribution in [0.2, 0.25) is 0 Å². The number of nitrogens with one attached hydrogen (secondary N) is 3. The molecule has 4 rings (SSSR count). The van der Waals surface area contributed by atoms with Crippen molar-refractivity contribution in [3.8, 4) is 11.1 Å². The fourth-order valence-electron chi connectivity index (χ4n) is 4.52. The molecule has 200 valence electrons. The Morgan fingerprint density at radius 3 is 2.08 bits per heavy atom. The minimum absolute atomic E-state index is 0.166. The zero-order valence-corrected chi connectivity index (χ0v) is 21.7. The molecular weight excluding hydrogens is 478 g/mol. The van der Waals surface area contributed by atoms with Gasteiger partial charge in [-0.2, -0.15) is 0 Å². The van der Waals surface area contributed by atoms with E-state index in [-0.39, 0.29) is 11.4 Å². The van der Waals surface area contributed by atoms with Crippen LogP contribution in [0.5, 0.6) is 0 Å². The van der Waals surface area contributed by atoms with E-state index in [1.54, 1.807) is 30.3 Å². The summed E-state index contributed by atoms with van der Waals surface area (Å²) in [5.74, 6) is -1.07. The highest BCUT2D eigenvalue weighted by molar-refractivity contribution is 6.01. The van der Waals surface area contributed by atoms with Crippen molar-refractivity contribution in [2.45, 2.75) is 37.8 Å². The molecule has 1 fully saturated rings. The average molecular weight is 516 g/mol. The molecular formula is C30H37N5O3. The van der Waals surface area contributed by atoms with Crippen LogP contribution in [0.15, 0.2) is 78.9 Å². The highest BCUT2D eigenvalue weighted by Crippen LogP contribution is 2.23. The number of rotatable bonds is 8. The fourth-order valence-corrected chi connectivity index (χ4v) is 4.52. The number of amidine groups is 1. The minimum Gasteiger partial charge on any atom is -0.479 e. The van der Waals surface area contributed by atoms with E-state index < -0.39 is 17.9 Å². The second-order valence-electron chi connectivity index (χ2n) is 9.47. The van der Waals surface area contributed by atoms with Crippen LogP contribution < -0.4 is 22.1 Å². The maximum Gasteiger partial charge on any atom is 0.330 e. The molecule has 8 N–H and O–H groups in total. The lowest BCUT2D eigenvalue weighted by Gasteiger charge is -2.26. The van der Waals surface area contributed by atoms with E-state index in [1.807, 2.05) is 49.5 Å². The number of carbonyl (C=O) groups is 2. The molecule has 0 heterocycles. The van der Waals surface area contributed by atoms with Crippen LogP contribution in [0.3, 0.4) is 0 Å². The van der Waals surface area contributed by atoms with Gasteiger partial charge in [0, 0.05) is 17.2 Å². The normalized spacial score (nSPS) is 17.4. The summed E-state index contributed by atoms with van der Waals surface area (Å²) in [6, 6.07) is 22.5. The third-order valence-corrected chi connectivity index (χ3v) is 6.90. The summed E-state index contributed by atoms with van der Waals surface area (Å²) < 4.78 is 0. The first-order chi connectivity index (χ1) is 18.3. The zero-order valence-electron chi connectivity index (χ0n) is 21.7. The Bertz CT molecular complexity index is 1190. The van der Waals surface area contributed by atoms with E-state index in [9.17, 15) is 14.7 Å². The van der Waals surface area contributed by atoms with Gasteiger partial charge in [0.15, 0.2) is 6.04 Å².